The summed E-state index contributed by atoms with van der Waals surface area (Å²) in [6, 6.07) is 9.14. The Bertz CT molecular complexity index is 1140. The number of carbonyl (C=O) groups excluding carboxylic acids is 3. The molecule has 1 aliphatic rings. The summed E-state index contributed by atoms with van der Waals surface area (Å²) in [4.78, 5) is 39.1. The number of benzene rings is 2. The van der Waals surface area contributed by atoms with E-state index in [1.807, 2.05) is 38.1 Å². The molecule has 0 unspecified atom stereocenters. The average molecular weight is 468 g/mol. The zero-order chi connectivity index (χ0) is 24.8. The van der Waals surface area contributed by atoms with Crippen molar-refractivity contribution < 1.29 is 28.6 Å². The minimum Gasteiger partial charge on any atom is -0.493 e. The minimum atomic E-state index is -0.477. The van der Waals surface area contributed by atoms with E-state index < -0.39 is 11.9 Å². The van der Waals surface area contributed by atoms with Crippen LogP contribution in [-0.4, -0.2) is 45.7 Å². The molecular formula is C25H29N3O6. The number of hydrogen-bond acceptors (Lipinski definition) is 7. The van der Waals surface area contributed by atoms with Gasteiger partial charge in [0.05, 0.1) is 39.1 Å². The Balaban J connectivity index is 1.84. The molecule has 0 bridgehead atoms. The highest BCUT2D eigenvalue weighted by atomic mass is 16.5. The highest BCUT2D eigenvalue weighted by molar-refractivity contribution is 6.09. The zero-order valence-electron chi connectivity index (χ0n) is 20.0. The smallest absolute Gasteiger partial charge is 0.311 e. The maximum absolute atomic E-state index is 13.1. The minimum absolute atomic E-state index is 0.0930. The van der Waals surface area contributed by atoms with Gasteiger partial charge in [0.1, 0.15) is 6.54 Å². The first-order valence-corrected chi connectivity index (χ1v) is 10.7. The first-order valence-electron chi connectivity index (χ1n) is 10.7. The average Bonchev–Trinajstić information content (AvgIpc) is 2.93. The van der Waals surface area contributed by atoms with Gasteiger partial charge in [-0.25, -0.2) is 0 Å². The molecule has 2 amide bonds. The summed E-state index contributed by atoms with van der Waals surface area (Å²) in [6.45, 7) is 3.88. The van der Waals surface area contributed by atoms with Crippen LogP contribution in [-0.2, 0) is 25.7 Å². The quantitative estimate of drug-likeness (QED) is 0.575. The summed E-state index contributed by atoms with van der Waals surface area (Å²) in [5, 5.41) is 5.99. The van der Waals surface area contributed by atoms with Crippen LogP contribution in [0.1, 0.15) is 23.1 Å². The third-order valence-electron chi connectivity index (χ3n) is 5.59. The zero-order valence-corrected chi connectivity index (χ0v) is 20.0. The number of hydrogen-bond donors (Lipinski definition) is 2. The molecule has 34 heavy (non-hydrogen) atoms. The van der Waals surface area contributed by atoms with Gasteiger partial charge in [0.25, 0.3) is 5.91 Å². The highest BCUT2D eigenvalue weighted by Crippen LogP contribution is 2.34. The van der Waals surface area contributed by atoms with Crippen molar-refractivity contribution >= 4 is 29.2 Å². The van der Waals surface area contributed by atoms with Crippen molar-refractivity contribution in [2.45, 2.75) is 26.8 Å². The van der Waals surface area contributed by atoms with E-state index in [2.05, 4.69) is 10.6 Å². The third-order valence-corrected chi connectivity index (χ3v) is 5.59. The molecule has 0 fully saturated rings. The van der Waals surface area contributed by atoms with Gasteiger partial charge in [-0.05, 0) is 43.2 Å². The summed E-state index contributed by atoms with van der Waals surface area (Å²) in [5.41, 5.74) is 4.30. The van der Waals surface area contributed by atoms with Gasteiger partial charge in [-0.2, -0.15) is 0 Å². The molecule has 1 aliphatic heterocycles. The number of para-hydroxylation sites is 1. The number of anilines is 2. The standard InChI is InChI=1S/C25H29N3O6/c1-15-9-19-20(10-16(15)2)28(23(30)11-18(27-19)12-24(31)33-4)14-22(29)26-13-17-7-6-8-21(32-3)25(17)34-5/h6-11,27H,12-14H2,1-5H3,(H,26,29). The second-order valence-electron chi connectivity index (χ2n) is 7.85. The predicted molar refractivity (Wildman–Crippen MR) is 128 cm³/mol. The molecular weight excluding hydrogens is 438 g/mol. The summed E-state index contributed by atoms with van der Waals surface area (Å²) in [5.74, 6) is -0.150. The van der Waals surface area contributed by atoms with Crippen LogP contribution in [0.4, 0.5) is 11.4 Å². The Kier molecular flexibility index (Phi) is 7.78. The second kappa shape index (κ2) is 10.7. The van der Waals surface area contributed by atoms with Gasteiger partial charge in [-0.15, -0.1) is 0 Å². The molecule has 180 valence electrons. The van der Waals surface area contributed by atoms with Crippen LogP contribution in [0, 0.1) is 13.8 Å². The Hall–Kier alpha value is -4.01. The third kappa shape index (κ3) is 5.48. The van der Waals surface area contributed by atoms with Crippen molar-refractivity contribution in [3.63, 3.8) is 0 Å². The predicted octanol–water partition coefficient (Wildman–Crippen LogP) is 2.84. The van der Waals surface area contributed by atoms with Gasteiger partial charge in [-0.3, -0.25) is 19.3 Å². The lowest BCUT2D eigenvalue weighted by Gasteiger charge is -2.23. The number of esters is 1. The molecule has 2 aromatic carbocycles. The number of methoxy groups -OCH3 is 3. The van der Waals surface area contributed by atoms with Gasteiger partial charge in [0, 0.05) is 23.9 Å². The van der Waals surface area contributed by atoms with Crippen LogP contribution in [0.5, 0.6) is 11.5 Å². The van der Waals surface area contributed by atoms with E-state index in [0.29, 0.717) is 28.6 Å². The monoisotopic (exact) mass is 467 g/mol. The van der Waals surface area contributed by atoms with Gasteiger partial charge in [0.2, 0.25) is 5.91 Å². The van der Waals surface area contributed by atoms with Crippen LogP contribution in [0.15, 0.2) is 42.1 Å². The fourth-order valence-electron chi connectivity index (χ4n) is 3.65. The number of fused-ring (bicyclic) bond motifs is 1. The van der Waals surface area contributed by atoms with E-state index in [-0.39, 0.29) is 25.4 Å². The number of rotatable bonds is 8. The van der Waals surface area contributed by atoms with Gasteiger partial charge in [-0.1, -0.05) is 12.1 Å². The molecule has 9 nitrogen and oxygen atoms in total. The lowest BCUT2D eigenvalue weighted by molar-refractivity contribution is -0.139. The van der Waals surface area contributed by atoms with Gasteiger partial charge < -0.3 is 24.8 Å². The number of nitrogens with zero attached hydrogens (tertiary/aromatic N) is 1. The van der Waals surface area contributed by atoms with Crippen LogP contribution in [0.25, 0.3) is 0 Å². The number of aryl methyl sites for hydroxylation is 2. The molecule has 0 aliphatic carbocycles. The van der Waals surface area contributed by atoms with Gasteiger partial charge in [0.15, 0.2) is 11.5 Å². The Morgan fingerprint density at radius 2 is 1.79 bits per heavy atom. The molecule has 2 aromatic rings. The fraction of sp³-hybridized carbons (Fsp3) is 0.320. The maximum atomic E-state index is 13.1. The summed E-state index contributed by atoms with van der Waals surface area (Å²) in [6.07, 6.45) is 1.23. The van der Waals surface area contributed by atoms with Gasteiger partial charge >= 0.3 is 5.97 Å². The number of ether oxygens (including phenoxy) is 3. The maximum Gasteiger partial charge on any atom is 0.311 e. The SMILES string of the molecule is COC(=O)CC1=CC(=O)N(CC(=O)NCc2cccc(OC)c2OC)c2cc(C)c(C)cc2N1. The molecule has 1 heterocycles. The topological polar surface area (TPSA) is 106 Å². The number of carbonyl (C=O) groups is 3. The second-order valence-corrected chi connectivity index (χ2v) is 7.85. The van der Waals surface area contributed by atoms with Crippen molar-refractivity contribution in [2.75, 3.05) is 38.1 Å². The summed E-state index contributed by atoms with van der Waals surface area (Å²) in [7, 11) is 4.37. The first-order chi connectivity index (χ1) is 16.3. The highest BCUT2D eigenvalue weighted by Gasteiger charge is 2.26. The molecule has 0 saturated carbocycles. The van der Waals surface area contributed by atoms with E-state index in [1.54, 1.807) is 13.2 Å². The number of amides is 2. The van der Waals surface area contributed by atoms with E-state index >= 15 is 0 Å². The Labute approximate surface area is 198 Å². The van der Waals surface area contributed by atoms with Crippen molar-refractivity contribution in [2.24, 2.45) is 0 Å². The van der Waals surface area contributed by atoms with Crippen molar-refractivity contribution in [3.05, 3.63) is 58.8 Å². The van der Waals surface area contributed by atoms with E-state index in [1.165, 1.54) is 25.2 Å². The van der Waals surface area contributed by atoms with Crippen molar-refractivity contribution in [1.29, 1.82) is 0 Å². The molecule has 2 N–H and O–H groups in total. The first kappa shape index (κ1) is 24.6. The van der Waals surface area contributed by atoms with Crippen molar-refractivity contribution in [1.82, 2.24) is 5.32 Å². The molecule has 9 heteroatoms. The van der Waals surface area contributed by atoms with Crippen molar-refractivity contribution in [3.8, 4) is 11.5 Å². The lowest BCUT2D eigenvalue weighted by atomic mass is 10.1. The normalized spacial score (nSPS) is 12.7. The lowest BCUT2D eigenvalue weighted by Crippen LogP contribution is -2.40. The van der Waals surface area contributed by atoms with E-state index in [9.17, 15) is 14.4 Å². The van der Waals surface area contributed by atoms with Crippen LogP contribution >= 0.6 is 0 Å². The van der Waals surface area contributed by atoms with Crippen LogP contribution in [0.3, 0.4) is 0 Å². The molecule has 0 aromatic heterocycles. The molecule has 0 atom stereocenters. The number of nitrogens with one attached hydrogen (secondary N) is 2. The Morgan fingerprint density at radius 3 is 2.47 bits per heavy atom. The molecule has 0 radical (unpaired) electrons. The largest absolute Gasteiger partial charge is 0.493 e. The van der Waals surface area contributed by atoms with E-state index in [0.717, 1.165) is 16.7 Å². The molecule has 0 saturated heterocycles. The van der Waals surface area contributed by atoms with E-state index in [4.69, 9.17) is 14.2 Å². The summed E-state index contributed by atoms with van der Waals surface area (Å²) < 4.78 is 15.4. The fourth-order valence-corrected chi connectivity index (χ4v) is 3.65. The summed E-state index contributed by atoms with van der Waals surface area (Å²) >= 11 is 0. The van der Waals surface area contributed by atoms with Crippen LogP contribution < -0.4 is 25.0 Å². The molecule has 0 spiro atoms. The Morgan fingerprint density at radius 1 is 1.06 bits per heavy atom. The molecule has 3 rings (SSSR count). The van der Waals surface area contributed by atoms with Crippen LogP contribution in [0.2, 0.25) is 0 Å².